The summed E-state index contributed by atoms with van der Waals surface area (Å²) in [7, 11) is 0. The molecule has 3 heteroatoms. The van der Waals surface area contributed by atoms with Crippen LogP contribution >= 0.6 is 24.8 Å². The monoisotopic (exact) mass is 528 g/mol. The number of halogens is 2. The van der Waals surface area contributed by atoms with E-state index in [1.165, 1.54) is 48.4 Å². The van der Waals surface area contributed by atoms with E-state index in [2.05, 4.69) is 136 Å². The molecule has 0 bridgehead atoms. The molecule has 180 valence electrons. The van der Waals surface area contributed by atoms with E-state index >= 15 is 0 Å². The third-order valence-electron chi connectivity index (χ3n) is 6.60. The number of hydrogen-bond donors (Lipinski definition) is 0. The Morgan fingerprint density at radius 1 is 0.588 bits per heavy atom. The summed E-state index contributed by atoms with van der Waals surface area (Å²) in [6.45, 7) is 17.3. The summed E-state index contributed by atoms with van der Waals surface area (Å²) in [6.07, 6.45) is 6.72. The summed E-state index contributed by atoms with van der Waals surface area (Å²) >= 11 is 2.16. The summed E-state index contributed by atoms with van der Waals surface area (Å²) < 4.78 is 1.33. The van der Waals surface area contributed by atoms with Crippen molar-refractivity contribution in [1.29, 1.82) is 0 Å². The molecule has 0 aromatic heterocycles. The second kappa shape index (κ2) is 15.5. The van der Waals surface area contributed by atoms with E-state index in [1.807, 2.05) is 12.1 Å². The van der Waals surface area contributed by atoms with Crippen molar-refractivity contribution in [2.45, 2.75) is 55.4 Å². The quantitative estimate of drug-likeness (QED) is 0.269. The van der Waals surface area contributed by atoms with Crippen LogP contribution in [0.1, 0.15) is 66.5 Å². The third kappa shape index (κ3) is 8.97. The summed E-state index contributed by atoms with van der Waals surface area (Å²) in [6, 6.07) is 20.9. The first-order chi connectivity index (χ1) is 15.1. The van der Waals surface area contributed by atoms with Gasteiger partial charge in [0, 0.05) is 0 Å². The van der Waals surface area contributed by atoms with E-state index in [0.717, 1.165) is 0 Å². The normalized spacial score (nSPS) is 18.4. The number of hydrogen-bond acceptors (Lipinski definition) is 0. The van der Waals surface area contributed by atoms with Crippen molar-refractivity contribution in [3.05, 3.63) is 117 Å². The molecule has 0 N–H and O–H groups in total. The molecular formula is C31H38Cl2Ti. The van der Waals surface area contributed by atoms with E-state index < -0.39 is 0 Å². The Morgan fingerprint density at radius 3 is 1.06 bits per heavy atom. The van der Waals surface area contributed by atoms with E-state index in [4.69, 9.17) is 0 Å². The van der Waals surface area contributed by atoms with Crippen LogP contribution in [-0.2, 0) is 20.0 Å². The van der Waals surface area contributed by atoms with Gasteiger partial charge in [-0.3, -0.25) is 12.2 Å². The molecule has 0 spiro atoms. The molecule has 2 aromatic rings. The molecule has 0 radical (unpaired) electrons. The first kappa shape index (κ1) is 32.6. The van der Waals surface area contributed by atoms with Crippen LogP contribution in [0.25, 0.3) is 0 Å². The predicted molar refractivity (Wildman–Crippen MR) is 151 cm³/mol. The zero-order chi connectivity index (χ0) is 23.8. The molecule has 0 aliphatic heterocycles. The van der Waals surface area contributed by atoms with Crippen LogP contribution in [0, 0.1) is 24.0 Å². The summed E-state index contributed by atoms with van der Waals surface area (Å²) in [4.78, 5) is 0. The number of rotatable bonds is 2. The van der Waals surface area contributed by atoms with Gasteiger partial charge in [-0.05, 0) is 0 Å². The summed E-state index contributed by atoms with van der Waals surface area (Å²) in [5.41, 5.74) is 11.1. The van der Waals surface area contributed by atoms with E-state index in [0.29, 0.717) is 11.8 Å². The van der Waals surface area contributed by atoms with Crippen LogP contribution in [0.3, 0.4) is 0 Å². The zero-order valence-electron chi connectivity index (χ0n) is 21.7. The Hall–Kier alpha value is -1.44. The van der Waals surface area contributed by atoms with Crippen molar-refractivity contribution in [1.82, 2.24) is 0 Å². The molecule has 2 aromatic carbocycles. The first-order valence-corrected chi connectivity index (χ1v) is 12.2. The van der Waals surface area contributed by atoms with Crippen molar-refractivity contribution in [3.63, 3.8) is 0 Å². The van der Waals surface area contributed by atoms with E-state index in [-0.39, 0.29) is 24.8 Å². The fourth-order valence-corrected chi connectivity index (χ4v) is 4.22. The fraction of sp³-hybridized carbons (Fsp3) is 0.323. The zero-order valence-corrected chi connectivity index (χ0v) is 24.9. The molecule has 4 rings (SSSR count). The second-order valence-electron chi connectivity index (χ2n) is 8.71. The first-order valence-electron chi connectivity index (χ1n) is 11.4. The Labute approximate surface area is 232 Å². The molecule has 0 saturated carbocycles. The van der Waals surface area contributed by atoms with Crippen LogP contribution in [0.2, 0.25) is 0 Å². The molecule has 2 aliphatic carbocycles. The second-order valence-corrected chi connectivity index (χ2v) is 9.49. The molecule has 2 atom stereocenters. The fourth-order valence-electron chi connectivity index (χ4n) is 3.70. The third-order valence-corrected chi connectivity index (χ3v) is 7.50. The van der Waals surface area contributed by atoms with Gasteiger partial charge in [0.25, 0.3) is 0 Å². The topological polar surface area (TPSA) is 0 Å². The van der Waals surface area contributed by atoms with Gasteiger partial charge >= 0.3 is 95.6 Å². The summed E-state index contributed by atoms with van der Waals surface area (Å²) in [5, 5.41) is 0. The molecule has 0 heterocycles. The van der Waals surface area contributed by atoms with Gasteiger partial charge in [0.2, 0.25) is 0 Å². The van der Waals surface area contributed by atoms with Crippen molar-refractivity contribution < 1.29 is 20.0 Å². The maximum atomic E-state index is 3.36. The summed E-state index contributed by atoms with van der Waals surface area (Å²) in [5.74, 6) is 1.12. The van der Waals surface area contributed by atoms with Crippen LogP contribution < -0.4 is 0 Å². The minimum absolute atomic E-state index is 0. The molecule has 2 aliphatic rings. The average Bonchev–Trinajstić information content (AvgIpc) is 3.17. The van der Waals surface area contributed by atoms with Crippen molar-refractivity contribution in [2.75, 3.05) is 0 Å². The standard InChI is InChI=1S/C13H10.2C9H13.2ClH.Ti/c1-3-7-12(8-4-1)11-13-9-5-2-6-10-13;2*1-6-5-7(2)9(4)8(6)3;;;/h1-10H;2*6H,1-4H3;2*1H;/q;2*-1;;;+2. The SMILES string of the molecule is CC1=[C-]C(C)C(C)=C1C.CC1=[C-]C(C)C(C)=C1C.Cl.Cl.[Ti+2]=[C](c1ccccc1)c1ccccc1. The van der Waals surface area contributed by atoms with Crippen molar-refractivity contribution in [2.24, 2.45) is 11.8 Å². The van der Waals surface area contributed by atoms with Gasteiger partial charge in [-0.25, -0.2) is 11.1 Å². The molecule has 34 heavy (non-hydrogen) atoms. The van der Waals surface area contributed by atoms with Crippen LogP contribution in [0.4, 0.5) is 0 Å². The Bertz CT molecular complexity index is 972. The maximum absolute atomic E-state index is 3.36. The molecular weight excluding hydrogens is 491 g/mol. The van der Waals surface area contributed by atoms with Gasteiger partial charge in [-0.2, -0.15) is 22.3 Å². The van der Waals surface area contributed by atoms with Crippen molar-refractivity contribution >= 4 is 28.6 Å². The Morgan fingerprint density at radius 2 is 0.882 bits per heavy atom. The Balaban J connectivity index is 0.000000485. The number of benzene rings is 2. The Kier molecular flexibility index (Phi) is 14.9. The van der Waals surface area contributed by atoms with Crippen LogP contribution in [0.15, 0.2) is 94.1 Å². The molecule has 0 amide bonds. The molecule has 2 unspecified atom stereocenters. The van der Waals surface area contributed by atoms with Gasteiger partial charge in [0.15, 0.2) is 0 Å². The van der Waals surface area contributed by atoms with Gasteiger partial charge in [-0.15, -0.1) is 38.7 Å². The average molecular weight is 529 g/mol. The number of allylic oxidation sites excluding steroid dienone is 8. The molecule has 0 fully saturated rings. The van der Waals surface area contributed by atoms with E-state index in [1.54, 1.807) is 0 Å². The molecule has 0 nitrogen and oxygen atoms in total. The van der Waals surface area contributed by atoms with Gasteiger partial charge in [0.05, 0.1) is 0 Å². The van der Waals surface area contributed by atoms with Gasteiger partial charge in [0.1, 0.15) is 0 Å². The minimum atomic E-state index is 0. The van der Waals surface area contributed by atoms with Crippen LogP contribution in [-0.4, -0.2) is 3.81 Å². The van der Waals surface area contributed by atoms with Gasteiger partial charge < -0.3 is 0 Å². The van der Waals surface area contributed by atoms with Gasteiger partial charge in [-0.1, -0.05) is 53.4 Å². The van der Waals surface area contributed by atoms with Crippen LogP contribution in [0.5, 0.6) is 0 Å². The predicted octanol–water partition coefficient (Wildman–Crippen LogP) is 9.09. The molecule has 0 saturated heterocycles. The van der Waals surface area contributed by atoms with Crippen molar-refractivity contribution in [3.8, 4) is 0 Å². The van der Waals surface area contributed by atoms with E-state index in [9.17, 15) is 0 Å².